The van der Waals surface area contributed by atoms with Crippen molar-refractivity contribution in [1.82, 2.24) is 9.88 Å². The van der Waals surface area contributed by atoms with Crippen LogP contribution < -0.4 is 15.2 Å². The summed E-state index contributed by atoms with van der Waals surface area (Å²) in [5.41, 5.74) is 6.07. The number of nitrogens with one attached hydrogen (secondary N) is 1. The smallest absolute Gasteiger partial charge is 0.196 e. The highest BCUT2D eigenvalue weighted by Gasteiger charge is 2.17. The van der Waals surface area contributed by atoms with Gasteiger partial charge in [0.2, 0.25) is 0 Å². The maximum Gasteiger partial charge on any atom is 0.196 e. The molecule has 0 fully saturated rings. The summed E-state index contributed by atoms with van der Waals surface area (Å²) in [6.45, 7) is 3.15. The molecule has 35 heavy (non-hydrogen) atoms. The second-order valence-electron chi connectivity index (χ2n) is 9.46. The van der Waals surface area contributed by atoms with Crippen LogP contribution in [0.1, 0.15) is 23.6 Å². The number of H-pyrrole nitrogens is 1. The van der Waals surface area contributed by atoms with Gasteiger partial charge in [-0.3, -0.25) is 0 Å². The van der Waals surface area contributed by atoms with Crippen LogP contribution in [0, 0.1) is 5.92 Å². The molecule has 1 atom stereocenters. The highest BCUT2D eigenvalue weighted by molar-refractivity contribution is 5.92. The van der Waals surface area contributed by atoms with Gasteiger partial charge in [0.1, 0.15) is 5.75 Å². The Morgan fingerprint density at radius 3 is 2.51 bits per heavy atom. The number of ether oxygens (including phenoxy) is 1. The van der Waals surface area contributed by atoms with Gasteiger partial charge < -0.3 is 19.7 Å². The zero-order chi connectivity index (χ0) is 24.5. The van der Waals surface area contributed by atoms with E-state index in [1.54, 1.807) is 7.11 Å². The van der Waals surface area contributed by atoms with Crippen LogP contribution in [-0.4, -0.2) is 36.2 Å². The predicted octanol–water partition coefficient (Wildman–Crippen LogP) is 4.86. The van der Waals surface area contributed by atoms with Crippen molar-refractivity contribution in [2.24, 2.45) is 16.1 Å². The van der Waals surface area contributed by atoms with Gasteiger partial charge in [0.05, 0.1) is 18.5 Å². The summed E-state index contributed by atoms with van der Waals surface area (Å²) in [6, 6.07) is 20.7. The summed E-state index contributed by atoms with van der Waals surface area (Å²) < 4.78 is 5.35. The normalized spacial score (nSPS) is 14.2. The highest BCUT2D eigenvalue weighted by atomic mass is 16.5. The zero-order valence-electron chi connectivity index (χ0n) is 20.5. The van der Waals surface area contributed by atoms with Crippen molar-refractivity contribution in [3.8, 4) is 11.6 Å². The topological polar surface area (TPSA) is 73.2 Å². The number of aromatic amines is 1. The number of aromatic hydroxyl groups is 1. The first kappa shape index (κ1) is 22.9. The molecule has 2 N–H and O–H groups in total. The van der Waals surface area contributed by atoms with Crippen molar-refractivity contribution in [2.45, 2.75) is 19.9 Å². The molecule has 0 aliphatic carbocycles. The Morgan fingerprint density at radius 2 is 1.77 bits per heavy atom. The van der Waals surface area contributed by atoms with Crippen LogP contribution in [0.15, 0.2) is 70.9 Å². The van der Waals surface area contributed by atoms with Crippen molar-refractivity contribution in [1.29, 1.82) is 0 Å². The molecule has 0 saturated carbocycles. The van der Waals surface area contributed by atoms with Crippen molar-refractivity contribution >= 4 is 28.4 Å². The highest BCUT2D eigenvalue weighted by Crippen LogP contribution is 2.31. The summed E-state index contributed by atoms with van der Waals surface area (Å²) in [5, 5.41) is 22.4. The molecule has 1 aliphatic rings. The molecule has 1 aliphatic heterocycles. The summed E-state index contributed by atoms with van der Waals surface area (Å²) in [7, 11) is 5.80. The molecule has 0 saturated heterocycles. The minimum Gasteiger partial charge on any atom is -0.497 e. The second-order valence-corrected chi connectivity index (χ2v) is 9.46. The lowest BCUT2D eigenvalue weighted by Gasteiger charge is -2.12. The lowest BCUT2D eigenvalue weighted by atomic mass is 9.96. The minimum atomic E-state index is 0.132. The number of rotatable bonds is 7. The minimum absolute atomic E-state index is 0.132. The largest absolute Gasteiger partial charge is 0.497 e. The van der Waals surface area contributed by atoms with Gasteiger partial charge in [0.15, 0.2) is 5.88 Å². The second kappa shape index (κ2) is 9.39. The van der Waals surface area contributed by atoms with Gasteiger partial charge >= 0.3 is 0 Å². The third kappa shape index (κ3) is 4.70. The van der Waals surface area contributed by atoms with Crippen molar-refractivity contribution in [2.75, 3.05) is 21.2 Å². The molecule has 1 aromatic heterocycles. The van der Waals surface area contributed by atoms with E-state index in [2.05, 4.69) is 77.5 Å². The van der Waals surface area contributed by atoms with E-state index in [1.165, 1.54) is 11.1 Å². The van der Waals surface area contributed by atoms with E-state index >= 15 is 0 Å². The van der Waals surface area contributed by atoms with E-state index in [1.807, 2.05) is 30.3 Å². The Bertz CT molecular complexity index is 1530. The van der Waals surface area contributed by atoms with Gasteiger partial charge in [-0.25, -0.2) is 0 Å². The third-order valence-corrected chi connectivity index (χ3v) is 6.43. The number of aromatic nitrogens is 1. The van der Waals surface area contributed by atoms with Crippen LogP contribution in [-0.2, 0) is 13.0 Å². The average Bonchev–Trinajstić information content (AvgIpc) is 3.40. The van der Waals surface area contributed by atoms with Crippen LogP contribution in [0.3, 0.4) is 0 Å². The molecule has 6 heteroatoms. The van der Waals surface area contributed by atoms with E-state index in [0.717, 1.165) is 57.0 Å². The maximum atomic E-state index is 10.5. The molecule has 4 aromatic rings. The lowest BCUT2D eigenvalue weighted by molar-refractivity contribution is 0.402. The summed E-state index contributed by atoms with van der Waals surface area (Å²) in [4.78, 5) is 5.20. The van der Waals surface area contributed by atoms with Crippen LogP contribution >= 0.6 is 0 Å². The quantitative estimate of drug-likeness (QED) is 0.409. The molecule has 6 nitrogen and oxygen atoms in total. The summed E-state index contributed by atoms with van der Waals surface area (Å²) in [6.07, 6.45) is 2.87. The molecular weight excluding hydrogens is 436 g/mol. The number of nitrogens with zero attached hydrogens (tertiary/aromatic N) is 3. The lowest BCUT2D eigenvalue weighted by Crippen LogP contribution is -2.13. The number of azo groups is 1. The fourth-order valence-corrected chi connectivity index (χ4v) is 4.68. The number of hydrogen-bond donors (Lipinski definition) is 2. The Balaban J connectivity index is 1.43. The number of fused-ring (bicyclic) bond motifs is 2. The van der Waals surface area contributed by atoms with E-state index in [0.29, 0.717) is 0 Å². The molecule has 0 radical (unpaired) electrons. The first-order valence-corrected chi connectivity index (χ1v) is 11.8. The Morgan fingerprint density at radius 1 is 1.00 bits per heavy atom. The molecule has 5 rings (SSSR count). The van der Waals surface area contributed by atoms with Crippen molar-refractivity contribution in [3.05, 3.63) is 87.8 Å². The predicted molar refractivity (Wildman–Crippen MR) is 140 cm³/mol. The Kier molecular flexibility index (Phi) is 6.14. The first-order chi connectivity index (χ1) is 16.9. The Hall–Kier alpha value is -3.90. The molecule has 0 bridgehead atoms. The first-order valence-electron chi connectivity index (χ1n) is 11.8. The monoisotopic (exact) mass is 466 g/mol. The van der Waals surface area contributed by atoms with E-state index in [9.17, 15) is 5.11 Å². The number of methoxy groups -OCH3 is 1. The van der Waals surface area contributed by atoms with E-state index < -0.39 is 0 Å². The average molecular weight is 467 g/mol. The standard InChI is InChI=1S/C29H30N4O2/c1-18(13-19-5-7-20(8-6-19)17-33(2)3)28-23-11-9-21(15-27(23)31-32-28)14-25-24-16-22(35-4)10-12-26(24)30-29(25)34/h5-12,14-16,18,30,34H,13,17H2,1-4H3. The molecular formula is C29H30N4O2. The molecule has 2 heterocycles. The SMILES string of the molecule is COc1ccc2[nH]c(O)c(C=c3ccc4c(c3)N=NC=4C(C)Cc3ccc(CN(C)C)cc3)c2c1. The van der Waals surface area contributed by atoms with Crippen molar-refractivity contribution < 1.29 is 9.84 Å². The molecule has 178 valence electrons. The van der Waals surface area contributed by atoms with Gasteiger partial charge in [-0.1, -0.05) is 43.3 Å². The van der Waals surface area contributed by atoms with Gasteiger partial charge in [0, 0.05) is 34.1 Å². The molecule has 0 spiro atoms. The number of hydrogen-bond acceptors (Lipinski definition) is 5. The van der Waals surface area contributed by atoms with Gasteiger partial charge in [-0.2, -0.15) is 10.2 Å². The summed E-state index contributed by atoms with van der Waals surface area (Å²) in [5.74, 6) is 1.13. The zero-order valence-corrected chi connectivity index (χ0v) is 20.5. The van der Waals surface area contributed by atoms with Crippen LogP contribution in [0.25, 0.3) is 22.7 Å². The fraction of sp³-hybridized carbons (Fsp3) is 0.241. The van der Waals surface area contributed by atoms with Gasteiger partial charge in [0.25, 0.3) is 0 Å². The van der Waals surface area contributed by atoms with E-state index in [-0.39, 0.29) is 11.8 Å². The van der Waals surface area contributed by atoms with E-state index in [4.69, 9.17) is 4.74 Å². The van der Waals surface area contributed by atoms with Crippen LogP contribution in [0.2, 0.25) is 0 Å². The summed E-state index contributed by atoms with van der Waals surface area (Å²) >= 11 is 0. The molecule has 3 aromatic carbocycles. The number of benzene rings is 3. The molecule has 0 amide bonds. The van der Waals surface area contributed by atoms with Crippen LogP contribution in [0.4, 0.5) is 5.69 Å². The van der Waals surface area contributed by atoms with Gasteiger partial charge in [-0.05, 0) is 67.2 Å². The fourth-order valence-electron chi connectivity index (χ4n) is 4.68. The van der Waals surface area contributed by atoms with Crippen LogP contribution in [0.5, 0.6) is 11.6 Å². The molecule has 1 unspecified atom stereocenters. The van der Waals surface area contributed by atoms with Crippen molar-refractivity contribution in [3.63, 3.8) is 0 Å². The Labute approximate surface area is 204 Å². The maximum absolute atomic E-state index is 10.5. The third-order valence-electron chi connectivity index (χ3n) is 6.43. The van der Waals surface area contributed by atoms with Gasteiger partial charge in [-0.15, -0.1) is 0 Å².